The highest BCUT2D eigenvalue weighted by Gasteiger charge is 2.20. The summed E-state index contributed by atoms with van der Waals surface area (Å²) in [5, 5.41) is 0. The molecule has 1 unspecified atom stereocenters. The summed E-state index contributed by atoms with van der Waals surface area (Å²) in [6.45, 7) is 11.4. The Hall–Kier alpha value is -0.770. The zero-order valence-corrected chi connectivity index (χ0v) is 13.4. The number of nitrogens with zero attached hydrogens (tertiary/aromatic N) is 3. The van der Waals surface area contributed by atoms with Crippen LogP contribution in [0.5, 0.6) is 0 Å². The highest BCUT2D eigenvalue weighted by Crippen LogP contribution is 2.18. The largest absolute Gasteiger partial charge is 0.370 e. The van der Waals surface area contributed by atoms with Crippen LogP contribution in [0.25, 0.3) is 0 Å². The fourth-order valence-corrected chi connectivity index (χ4v) is 3.43. The number of likely N-dealkylation sites (tertiary alicyclic amines) is 2. The van der Waals surface area contributed by atoms with E-state index in [1.54, 1.807) is 0 Å². The molecule has 2 fully saturated rings. The van der Waals surface area contributed by atoms with Gasteiger partial charge in [0, 0.05) is 19.6 Å². The highest BCUT2D eigenvalue weighted by molar-refractivity contribution is 5.78. The van der Waals surface area contributed by atoms with Crippen LogP contribution >= 0.6 is 0 Å². The molecule has 0 spiro atoms. The van der Waals surface area contributed by atoms with Gasteiger partial charge in [0.25, 0.3) is 0 Å². The molecule has 2 rings (SSSR count). The van der Waals surface area contributed by atoms with Gasteiger partial charge in [-0.1, -0.05) is 13.8 Å². The first-order valence-electron chi connectivity index (χ1n) is 8.46. The van der Waals surface area contributed by atoms with Crippen molar-refractivity contribution in [2.75, 3.05) is 39.3 Å². The van der Waals surface area contributed by atoms with Gasteiger partial charge in [-0.15, -0.1) is 0 Å². The van der Waals surface area contributed by atoms with E-state index >= 15 is 0 Å². The van der Waals surface area contributed by atoms with Gasteiger partial charge in [-0.05, 0) is 63.6 Å². The molecule has 2 N–H and O–H groups in total. The molecule has 4 heteroatoms. The number of hydrogen-bond donors (Lipinski definition) is 1. The average molecular weight is 280 g/mol. The van der Waals surface area contributed by atoms with E-state index in [1.807, 2.05) is 0 Å². The first-order valence-corrected chi connectivity index (χ1v) is 8.46. The molecule has 0 saturated carbocycles. The Kier molecular flexibility index (Phi) is 6.14. The third kappa shape index (κ3) is 4.65. The maximum absolute atomic E-state index is 6.17. The van der Waals surface area contributed by atoms with E-state index in [4.69, 9.17) is 5.73 Å². The van der Waals surface area contributed by atoms with Crippen LogP contribution in [0, 0.1) is 11.8 Å². The van der Waals surface area contributed by atoms with Gasteiger partial charge < -0.3 is 15.5 Å². The van der Waals surface area contributed by atoms with Crippen molar-refractivity contribution in [1.29, 1.82) is 0 Å². The molecule has 0 aromatic carbocycles. The molecule has 2 saturated heterocycles. The first kappa shape index (κ1) is 15.6. The van der Waals surface area contributed by atoms with Crippen molar-refractivity contribution in [3.05, 3.63) is 0 Å². The smallest absolute Gasteiger partial charge is 0.191 e. The molecule has 0 aliphatic carbocycles. The van der Waals surface area contributed by atoms with Crippen LogP contribution in [0.15, 0.2) is 4.99 Å². The normalized spacial score (nSPS) is 27.0. The van der Waals surface area contributed by atoms with Crippen LogP contribution in [0.1, 0.15) is 46.0 Å². The van der Waals surface area contributed by atoms with Crippen LogP contribution < -0.4 is 5.73 Å². The Labute approximate surface area is 124 Å². The molecule has 116 valence electrons. The van der Waals surface area contributed by atoms with E-state index < -0.39 is 0 Å². The molecule has 0 bridgehead atoms. The van der Waals surface area contributed by atoms with Crippen LogP contribution in [0.4, 0.5) is 0 Å². The third-order valence-electron chi connectivity index (χ3n) is 4.74. The predicted octanol–water partition coefficient (Wildman–Crippen LogP) is 2.16. The van der Waals surface area contributed by atoms with Crippen molar-refractivity contribution in [1.82, 2.24) is 9.80 Å². The molecule has 1 atom stereocenters. The molecule has 0 aromatic rings. The standard InChI is InChI=1S/C16H32N4/c1-3-8-19-10-6-15(7-11-19)12-18-16(17)20-9-4-5-14(2)13-20/h14-15H,3-13H2,1-2H3,(H2,17,18). The van der Waals surface area contributed by atoms with E-state index in [0.29, 0.717) is 0 Å². The summed E-state index contributed by atoms with van der Waals surface area (Å²) in [7, 11) is 0. The van der Waals surface area contributed by atoms with E-state index in [9.17, 15) is 0 Å². The molecule has 0 aromatic heterocycles. The summed E-state index contributed by atoms with van der Waals surface area (Å²) in [6, 6.07) is 0. The molecular formula is C16H32N4. The van der Waals surface area contributed by atoms with Gasteiger partial charge in [0.05, 0.1) is 0 Å². The lowest BCUT2D eigenvalue weighted by atomic mass is 9.97. The number of nitrogens with two attached hydrogens (primary N) is 1. The van der Waals surface area contributed by atoms with Gasteiger partial charge >= 0.3 is 0 Å². The van der Waals surface area contributed by atoms with Crippen LogP contribution in [-0.2, 0) is 0 Å². The zero-order valence-electron chi connectivity index (χ0n) is 13.4. The van der Waals surface area contributed by atoms with Gasteiger partial charge in [-0.3, -0.25) is 4.99 Å². The van der Waals surface area contributed by atoms with Crippen molar-refractivity contribution >= 4 is 5.96 Å². The lowest BCUT2D eigenvalue weighted by Gasteiger charge is -2.33. The third-order valence-corrected chi connectivity index (χ3v) is 4.74. The first-order chi connectivity index (χ1) is 9.69. The summed E-state index contributed by atoms with van der Waals surface area (Å²) < 4.78 is 0. The van der Waals surface area contributed by atoms with Crippen molar-refractivity contribution in [3.8, 4) is 0 Å². The number of guanidine groups is 1. The second-order valence-corrected chi connectivity index (χ2v) is 6.68. The Morgan fingerprint density at radius 1 is 1.20 bits per heavy atom. The topological polar surface area (TPSA) is 44.9 Å². The lowest BCUT2D eigenvalue weighted by molar-refractivity contribution is 0.187. The number of aliphatic imine (C=N–C) groups is 1. The lowest BCUT2D eigenvalue weighted by Crippen LogP contribution is -2.44. The minimum absolute atomic E-state index is 0.740. The van der Waals surface area contributed by atoms with E-state index in [2.05, 4.69) is 28.6 Å². The summed E-state index contributed by atoms with van der Waals surface area (Å²) in [4.78, 5) is 9.54. The van der Waals surface area contributed by atoms with Gasteiger partial charge in [-0.2, -0.15) is 0 Å². The van der Waals surface area contributed by atoms with E-state index in [1.165, 1.54) is 51.7 Å². The number of piperidine rings is 2. The minimum Gasteiger partial charge on any atom is -0.370 e. The summed E-state index contributed by atoms with van der Waals surface area (Å²) in [5.74, 6) is 2.28. The molecule has 0 radical (unpaired) electrons. The molecule has 2 heterocycles. The SMILES string of the molecule is CCCN1CCC(CN=C(N)N2CCCC(C)C2)CC1. The number of rotatable bonds is 4. The van der Waals surface area contributed by atoms with Gasteiger partial charge in [0.2, 0.25) is 0 Å². The second-order valence-electron chi connectivity index (χ2n) is 6.68. The average Bonchev–Trinajstić information content (AvgIpc) is 2.46. The molecule has 2 aliphatic heterocycles. The van der Waals surface area contributed by atoms with Gasteiger partial charge in [0.1, 0.15) is 0 Å². The monoisotopic (exact) mass is 280 g/mol. The maximum Gasteiger partial charge on any atom is 0.191 e. The fraction of sp³-hybridized carbons (Fsp3) is 0.938. The zero-order chi connectivity index (χ0) is 14.4. The Balaban J connectivity index is 1.72. The Bertz CT molecular complexity index is 308. The molecule has 20 heavy (non-hydrogen) atoms. The predicted molar refractivity (Wildman–Crippen MR) is 85.9 cm³/mol. The van der Waals surface area contributed by atoms with E-state index in [-0.39, 0.29) is 0 Å². The van der Waals surface area contributed by atoms with Gasteiger partial charge in [0.15, 0.2) is 5.96 Å². The van der Waals surface area contributed by atoms with Gasteiger partial charge in [-0.25, -0.2) is 0 Å². The molecule has 4 nitrogen and oxygen atoms in total. The Morgan fingerprint density at radius 3 is 2.60 bits per heavy atom. The minimum atomic E-state index is 0.740. The second kappa shape index (κ2) is 7.87. The molecule has 0 amide bonds. The van der Waals surface area contributed by atoms with Crippen molar-refractivity contribution in [2.45, 2.75) is 46.0 Å². The summed E-state index contributed by atoms with van der Waals surface area (Å²) in [6.07, 6.45) is 6.43. The van der Waals surface area contributed by atoms with Crippen molar-refractivity contribution < 1.29 is 0 Å². The summed E-state index contributed by atoms with van der Waals surface area (Å²) in [5.41, 5.74) is 6.17. The quantitative estimate of drug-likeness (QED) is 0.634. The maximum atomic E-state index is 6.17. The number of hydrogen-bond acceptors (Lipinski definition) is 2. The molecular weight excluding hydrogens is 248 g/mol. The van der Waals surface area contributed by atoms with E-state index in [0.717, 1.165) is 37.4 Å². The van der Waals surface area contributed by atoms with Crippen LogP contribution in [-0.4, -0.2) is 55.0 Å². The van der Waals surface area contributed by atoms with Crippen molar-refractivity contribution in [2.24, 2.45) is 22.6 Å². The fourth-order valence-electron chi connectivity index (χ4n) is 3.43. The molecule has 2 aliphatic rings. The van der Waals surface area contributed by atoms with Crippen molar-refractivity contribution in [3.63, 3.8) is 0 Å². The summed E-state index contributed by atoms with van der Waals surface area (Å²) >= 11 is 0. The highest BCUT2D eigenvalue weighted by atomic mass is 15.3. The van der Waals surface area contributed by atoms with Crippen LogP contribution in [0.2, 0.25) is 0 Å². The Morgan fingerprint density at radius 2 is 1.95 bits per heavy atom. The van der Waals surface area contributed by atoms with Crippen LogP contribution in [0.3, 0.4) is 0 Å².